The first kappa shape index (κ1) is 22.6. The minimum absolute atomic E-state index is 0.102. The molecule has 6 nitrogen and oxygen atoms in total. The van der Waals surface area contributed by atoms with Crippen molar-refractivity contribution in [2.45, 2.75) is 51.9 Å². The zero-order valence-electron chi connectivity index (χ0n) is 19.5. The zero-order valence-corrected chi connectivity index (χ0v) is 19.5. The number of benzene rings is 2. The number of aliphatic carboxylic acids is 1. The third-order valence-corrected chi connectivity index (χ3v) is 6.67. The number of phenols is 1. The Bertz CT molecular complexity index is 1170. The van der Waals surface area contributed by atoms with Gasteiger partial charge < -0.3 is 20.4 Å². The molecule has 2 aromatic carbocycles. The van der Waals surface area contributed by atoms with Gasteiger partial charge in [0, 0.05) is 29.3 Å². The normalized spacial score (nSPS) is 21.6. The lowest BCUT2D eigenvalue weighted by Gasteiger charge is -2.38. The molecular weight excluding hydrogens is 416 g/mol. The minimum atomic E-state index is -0.979. The number of carboxylic acid groups (broad SMARTS) is 1. The first-order valence-electron chi connectivity index (χ1n) is 11.3. The van der Waals surface area contributed by atoms with Crippen LogP contribution in [0.25, 0.3) is 0 Å². The maximum absolute atomic E-state index is 12.5. The van der Waals surface area contributed by atoms with Crippen molar-refractivity contribution in [3.63, 3.8) is 0 Å². The summed E-state index contributed by atoms with van der Waals surface area (Å²) in [5, 5.41) is 28.2. The van der Waals surface area contributed by atoms with Gasteiger partial charge in [0.15, 0.2) is 0 Å². The predicted octanol–water partition coefficient (Wildman–Crippen LogP) is 5.28. The number of hydrogen-bond donors (Lipinski definition) is 3. The van der Waals surface area contributed by atoms with Gasteiger partial charge in [-0.25, -0.2) is 4.79 Å². The van der Waals surface area contributed by atoms with Crippen LogP contribution in [0.15, 0.2) is 70.2 Å². The van der Waals surface area contributed by atoms with Crippen molar-refractivity contribution in [2.24, 2.45) is 5.16 Å². The number of allylic oxidation sites excluding steroid dienone is 3. The number of aryl methyl sites for hydroxylation is 2. The van der Waals surface area contributed by atoms with Gasteiger partial charge in [0.25, 0.3) is 0 Å². The van der Waals surface area contributed by atoms with Crippen LogP contribution in [0.1, 0.15) is 60.3 Å². The van der Waals surface area contributed by atoms with Crippen LogP contribution in [-0.2, 0) is 9.63 Å². The van der Waals surface area contributed by atoms with E-state index in [-0.39, 0.29) is 17.2 Å². The van der Waals surface area contributed by atoms with Crippen LogP contribution in [0.2, 0.25) is 0 Å². The third-order valence-electron chi connectivity index (χ3n) is 6.67. The summed E-state index contributed by atoms with van der Waals surface area (Å²) in [5.74, 6) is -1.23. The molecule has 6 heteroatoms. The Morgan fingerprint density at radius 2 is 1.85 bits per heavy atom. The highest BCUT2D eigenvalue weighted by atomic mass is 16.6. The summed E-state index contributed by atoms with van der Waals surface area (Å²) in [6.07, 6.45) is 1.94. The summed E-state index contributed by atoms with van der Waals surface area (Å²) in [4.78, 5) is 17.7. The van der Waals surface area contributed by atoms with E-state index in [2.05, 4.69) is 42.5 Å². The van der Waals surface area contributed by atoms with E-state index in [1.54, 1.807) is 18.2 Å². The van der Waals surface area contributed by atoms with E-state index in [1.807, 2.05) is 13.0 Å². The second kappa shape index (κ2) is 9.14. The molecule has 1 aliphatic carbocycles. The highest BCUT2D eigenvalue weighted by Gasteiger charge is 2.41. The Hall–Kier alpha value is -3.54. The maximum atomic E-state index is 12.5. The van der Waals surface area contributed by atoms with Gasteiger partial charge in [0.2, 0.25) is 0 Å². The van der Waals surface area contributed by atoms with Crippen molar-refractivity contribution in [1.29, 1.82) is 0 Å². The van der Waals surface area contributed by atoms with Gasteiger partial charge in [-0.2, -0.15) is 0 Å². The van der Waals surface area contributed by atoms with Crippen molar-refractivity contribution in [3.8, 4) is 5.75 Å². The monoisotopic (exact) mass is 446 g/mol. The molecule has 2 aliphatic rings. The number of nitrogens with one attached hydrogen (secondary N) is 1. The number of carboxylic acids is 1. The average molecular weight is 447 g/mol. The Labute approximate surface area is 194 Å². The Morgan fingerprint density at radius 1 is 1.15 bits per heavy atom. The van der Waals surface area contributed by atoms with Crippen LogP contribution in [-0.4, -0.2) is 29.0 Å². The number of rotatable bonds is 5. The van der Waals surface area contributed by atoms with Crippen LogP contribution in [0.4, 0.5) is 0 Å². The van der Waals surface area contributed by atoms with Gasteiger partial charge in [0.1, 0.15) is 12.9 Å². The van der Waals surface area contributed by atoms with E-state index in [1.165, 1.54) is 23.8 Å². The highest BCUT2D eigenvalue weighted by Crippen LogP contribution is 2.47. The summed E-state index contributed by atoms with van der Waals surface area (Å²) >= 11 is 0. The van der Waals surface area contributed by atoms with Gasteiger partial charge >= 0.3 is 5.97 Å². The van der Waals surface area contributed by atoms with Gasteiger partial charge in [-0.1, -0.05) is 42.4 Å². The molecule has 0 bridgehead atoms. The molecule has 0 aromatic heterocycles. The van der Waals surface area contributed by atoms with E-state index < -0.39 is 11.9 Å². The standard InChI is InChI=1S/C27H30N2O4/c1-5-20-26(27(31)32)24(17-10-7-11-19(30)12-17)25-21(28-20)13-18(14-22(25)29-33-4)23-15(2)8-6-9-16(23)3/h6-12,18,24,28,30H,5,13-14H2,1-4H3,(H,31,32). The summed E-state index contributed by atoms with van der Waals surface area (Å²) < 4.78 is 0. The molecule has 1 heterocycles. The number of hydrogen-bond acceptors (Lipinski definition) is 5. The number of carbonyl (C=O) groups is 1. The quantitative estimate of drug-likeness (QED) is 0.544. The molecule has 0 saturated heterocycles. The molecule has 2 aromatic rings. The molecule has 3 N–H and O–H groups in total. The molecule has 2 unspecified atom stereocenters. The van der Waals surface area contributed by atoms with Gasteiger partial charge in [-0.05, 0) is 67.0 Å². The second-order valence-electron chi connectivity index (χ2n) is 8.73. The molecule has 4 rings (SSSR count). The molecule has 2 atom stereocenters. The minimum Gasteiger partial charge on any atom is -0.508 e. The predicted molar refractivity (Wildman–Crippen MR) is 128 cm³/mol. The van der Waals surface area contributed by atoms with E-state index in [4.69, 9.17) is 4.84 Å². The fourth-order valence-corrected chi connectivity index (χ4v) is 5.41. The van der Waals surface area contributed by atoms with Crippen LogP contribution in [0.3, 0.4) is 0 Å². The topological polar surface area (TPSA) is 91.2 Å². The molecular formula is C27H30N2O4. The van der Waals surface area contributed by atoms with E-state index in [0.29, 0.717) is 18.5 Å². The van der Waals surface area contributed by atoms with Crippen molar-refractivity contribution in [1.82, 2.24) is 5.32 Å². The summed E-state index contributed by atoms with van der Waals surface area (Å²) in [5.41, 5.74) is 8.01. The molecule has 0 fully saturated rings. The Kier molecular flexibility index (Phi) is 6.27. The van der Waals surface area contributed by atoms with Crippen LogP contribution in [0.5, 0.6) is 5.75 Å². The smallest absolute Gasteiger partial charge is 0.334 e. The number of dihydropyridines is 1. The summed E-state index contributed by atoms with van der Waals surface area (Å²) in [7, 11) is 1.51. The Morgan fingerprint density at radius 3 is 2.45 bits per heavy atom. The molecule has 172 valence electrons. The summed E-state index contributed by atoms with van der Waals surface area (Å²) in [6.45, 7) is 6.21. The van der Waals surface area contributed by atoms with Gasteiger partial charge in [-0.3, -0.25) is 0 Å². The number of phenolic OH excluding ortho intramolecular Hbond substituents is 1. The SMILES string of the molecule is CCC1=C(C(=O)O)C(c2cccc(O)c2)C2=C(CC(c3c(C)cccc3C)CC2=NOC)N1. The molecule has 0 radical (unpaired) electrons. The Balaban J connectivity index is 1.92. The zero-order chi connectivity index (χ0) is 23.7. The van der Waals surface area contributed by atoms with Gasteiger partial charge in [-0.15, -0.1) is 0 Å². The van der Waals surface area contributed by atoms with Crippen LogP contribution < -0.4 is 5.32 Å². The third kappa shape index (κ3) is 4.13. The van der Waals surface area contributed by atoms with E-state index >= 15 is 0 Å². The lowest BCUT2D eigenvalue weighted by Crippen LogP contribution is -2.36. The van der Waals surface area contributed by atoms with E-state index in [9.17, 15) is 15.0 Å². The number of aromatic hydroxyl groups is 1. The summed E-state index contributed by atoms with van der Waals surface area (Å²) in [6, 6.07) is 13.2. The first-order valence-corrected chi connectivity index (χ1v) is 11.3. The maximum Gasteiger partial charge on any atom is 0.334 e. The molecule has 0 amide bonds. The van der Waals surface area contributed by atoms with Crippen molar-refractivity contribution in [3.05, 3.63) is 87.3 Å². The number of nitrogens with zero attached hydrogens (tertiary/aromatic N) is 1. The van der Waals surface area contributed by atoms with Gasteiger partial charge in [0.05, 0.1) is 11.3 Å². The molecule has 33 heavy (non-hydrogen) atoms. The first-order chi connectivity index (χ1) is 15.8. The fraction of sp³-hybridized carbons (Fsp3) is 0.333. The second-order valence-corrected chi connectivity index (χ2v) is 8.73. The van der Waals surface area contributed by atoms with Crippen molar-refractivity contribution >= 4 is 11.7 Å². The lowest BCUT2D eigenvalue weighted by atomic mass is 9.70. The lowest BCUT2D eigenvalue weighted by molar-refractivity contribution is -0.133. The number of oxime groups is 1. The van der Waals surface area contributed by atoms with Crippen LogP contribution in [0, 0.1) is 13.8 Å². The average Bonchev–Trinajstić information content (AvgIpc) is 2.77. The van der Waals surface area contributed by atoms with Crippen molar-refractivity contribution in [2.75, 3.05) is 7.11 Å². The molecule has 1 aliphatic heterocycles. The largest absolute Gasteiger partial charge is 0.508 e. The fourth-order valence-electron chi connectivity index (χ4n) is 5.41. The van der Waals surface area contributed by atoms with Crippen LogP contribution >= 0.6 is 0 Å². The molecule has 0 spiro atoms. The van der Waals surface area contributed by atoms with Crippen molar-refractivity contribution < 1.29 is 19.8 Å². The molecule has 0 saturated carbocycles. The van der Waals surface area contributed by atoms with E-state index in [0.717, 1.165) is 29.0 Å². The highest BCUT2D eigenvalue weighted by molar-refractivity contribution is 6.07.